The van der Waals surface area contributed by atoms with Crippen LogP contribution in [0.2, 0.25) is 0 Å². The van der Waals surface area contributed by atoms with Gasteiger partial charge < -0.3 is 10.4 Å². The number of halogens is 1. The van der Waals surface area contributed by atoms with Crippen molar-refractivity contribution in [2.75, 3.05) is 11.1 Å². The second-order valence-electron chi connectivity index (χ2n) is 4.04. The molecule has 0 saturated carbocycles. The number of carbonyl (C=O) groups excluding carboxylic acids is 1. The Morgan fingerprint density at radius 1 is 1.29 bits per heavy atom. The molecule has 21 heavy (non-hydrogen) atoms. The van der Waals surface area contributed by atoms with Crippen LogP contribution in [0.3, 0.4) is 0 Å². The minimum atomic E-state index is -1.01. The zero-order valence-electron chi connectivity index (χ0n) is 10.7. The van der Waals surface area contributed by atoms with E-state index < -0.39 is 5.97 Å². The molecule has 108 valence electrons. The average Bonchev–Trinajstić information content (AvgIpc) is 2.45. The first-order valence-corrected chi connectivity index (χ1v) is 7.98. The predicted octanol–water partition coefficient (Wildman–Crippen LogP) is 3.12. The lowest BCUT2D eigenvalue weighted by Crippen LogP contribution is -2.14. The number of hydrogen-bond acceptors (Lipinski definition) is 4. The van der Waals surface area contributed by atoms with E-state index in [0.29, 0.717) is 5.03 Å². The lowest BCUT2D eigenvalue weighted by atomic mass is 10.3. The van der Waals surface area contributed by atoms with Crippen molar-refractivity contribution in [1.29, 1.82) is 0 Å². The molecule has 5 nitrogen and oxygen atoms in total. The van der Waals surface area contributed by atoms with Gasteiger partial charge in [-0.05, 0) is 52.9 Å². The highest BCUT2D eigenvalue weighted by Crippen LogP contribution is 2.17. The molecule has 1 aromatic heterocycles. The van der Waals surface area contributed by atoms with Crippen LogP contribution in [-0.4, -0.2) is 27.7 Å². The van der Waals surface area contributed by atoms with Gasteiger partial charge in [-0.1, -0.05) is 17.8 Å². The fourth-order valence-electron chi connectivity index (χ4n) is 1.52. The van der Waals surface area contributed by atoms with E-state index in [-0.39, 0.29) is 17.2 Å². The monoisotopic (exact) mass is 414 g/mol. The third-order valence-electron chi connectivity index (χ3n) is 2.44. The van der Waals surface area contributed by atoms with Crippen molar-refractivity contribution >= 4 is 51.9 Å². The van der Waals surface area contributed by atoms with Crippen LogP contribution in [0.15, 0.2) is 47.6 Å². The normalized spacial score (nSPS) is 10.1. The fraction of sp³-hybridized carbons (Fsp3) is 0.0714. The number of nitrogens with zero attached hydrogens (tertiary/aromatic N) is 1. The summed E-state index contributed by atoms with van der Waals surface area (Å²) in [6, 6.07) is 10.3. The van der Waals surface area contributed by atoms with Gasteiger partial charge in [-0.3, -0.25) is 4.79 Å². The summed E-state index contributed by atoms with van der Waals surface area (Å²) in [6.07, 6.45) is 1.42. The maximum atomic E-state index is 11.8. The smallest absolute Gasteiger partial charge is 0.335 e. The van der Waals surface area contributed by atoms with Crippen molar-refractivity contribution in [3.63, 3.8) is 0 Å². The summed E-state index contributed by atoms with van der Waals surface area (Å²) in [5, 5.41) is 12.2. The molecule has 0 spiro atoms. The van der Waals surface area contributed by atoms with Gasteiger partial charge in [0.2, 0.25) is 5.91 Å². The minimum absolute atomic E-state index is 0.158. The Morgan fingerprint density at radius 2 is 2.10 bits per heavy atom. The average molecular weight is 414 g/mol. The van der Waals surface area contributed by atoms with E-state index in [1.54, 1.807) is 0 Å². The van der Waals surface area contributed by atoms with Gasteiger partial charge in [0.25, 0.3) is 0 Å². The molecule has 0 bridgehead atoms. The Hall–Kier alpha value is -1.61. The molecule has 2 N–H and O–H groups in total. The quantitative estimate of drug-likeness (QED) is 0.581. The van der Waals surface area contributed by atoms with Crippen LogP contribution in [0.25, 0.3) is 0 Å². The molecule has 0 radical (unpaired) electrons. The largest absolute Gasteiger partial charge is 0.478 e. The van der Waals surface area contributed by atoms with Crippen LogP contribution in [0, 0.1) is 3.57 Å². The molecule has 0 saturated heterocycles. The summed E-state index contributed by atoms with van der Waals surface area (Å²) in [7, 11) is 0. The Labute approximate surface area is 139 Å². The second kappa shape index (κ2) is 7.41. The summed E-state index contributed by atoms with van der Waals surface area (Å²) < 4.78 is 1.04. The number of pyridine rings is 1. The number of carboxylic acids is 1. The zero-order valence-corrected chi connectivity index (χ0v) is 13.7. The first-order valence-electron chi connectivity index (χ1n) is 5.92. The molecule has 7 heteroatoms. The Kier molecular flexibility index (Phi) is 5.57. The zero-order chi connectivity index (χ0) is 15.2. The number of anilines is 1. The SMILES string of the molecule is O=C(CSc1cc(C(=O)O)ccn1)Nc1cccc(I)c1. The van der Waals surface area contributed by atoms with Crippen molar-refractivity contribution in [2.24, 2.45) is 0 Å². The number of carboxylic acid groups (broad SMARTS) is 1. The van der Waals surface area contributed by atoms with Crippen molar-refractivity contribution < 1.29 is 14.7 Å². The molecule has 1 amide bonds. The highest BCUT2D eigenvalue weighted by atomic mass is 127. The van der Waals surface area contributed by atoms with Crippen LogP contribution in [-0.2, 0) is 4.79 Å². The number of amides is 1. The van der Waals surface area contributed by atoms with Gasteiger partial charge in [-0.15, -0.1) is 0 Å². The third kappa shape index (κ3) is 5.01. The number of aromatic nitrogens is 1. The predicted molar refractivity (Wildman–Crippen MR) is 89.7 cm³/mol. The molecule has 0 atom stereocenters. The van der Waals surface area contributed by atoms with Crippen molar-refractivity contribution in [3.8, 4) is 0 Å². The van der Waals surface area contributed by atoms with Crippen molar-refractivity contribution in [1.82, 2.24) is 4.98 Å². The highest BCUT2D eigenvalue weighted by Gasteiger charge is 2.08. The molecular weight excluding hydrogens is 403 g/mol. The Morgan fingerprint density at radius 3 is 2.81 bits per heavy atom. The van der Waals surface area contributed by atoms with E-state index in [2.05, 4.69) is 32.9 Å². The van der Waals surface area contributed by atoms with Crippen molar-refractivity contribution in [2.45, 2.75) is 5.03 Å². The standard InChI is InChI=1S/C14H11IN2O3S/c15-10-2-1-3-11(7-10)17-12(18)8-21-13-6-9(14(19)20)4-5-16-13/h1-7H,8H2,(H,17,18)(H,19,20). The van der Waals surface area contributed by atoms with Crippen molar-refractivity contribution in [3.05, 3.63) is 51.7 Å². The summed E-state index contributed by atoms with van der Waals surface area (Å²) >= 11 is 3.37. The fourth-order valence-corrected chi connectivity index (χ4v) is 2.76. The number of carbonyl (C=O) groups is 2. The maximum Gasteiger partial charge on any atom is 0.335 e. The number of benzene rings is 1. The van der Waals surface area contributed by atoms with E-state index in [9.17, 15) is 9.59 Å². The van der Waals surface area contributed by atoms with E-state index in [4.69, 9.17) is 5.11 Å². The third-order valence-corrected chi connectivity index (χ3v) is 4.04. The van der Waals surface area contributed by atoms with Gasteiger partial charge in [0.1, 0.15) is 0 Å². The van der Waals surface area contributed by atoms with Crippen LogP contribution >= 0.6 is 34.4 Å². The molecule has 0 unspecified atom stereocenters. The summed E-state index contributed by atoms with van der Waals surface area (Å²) in [5.41, 5.74) is 0.894. The lowest BCUT2D eigenvalue weighted by Gasteiger charge is -2.05. The molecule has 0 aliphatic carbocycles. The lowest BCUT2D eigenvalue weighted by molar-refractivity contribution is -0.113. The number of aromatic carboxylic acids is 1. The first-order chi connectivity index (χ1) is 10.0. The van der Waals surface area contributed by atoms with Gasteiger partial charge in [-0.25, -0.2) is 9.78 Å². The molecule has 1 heterocycles. The van der Waals surface area contributed by atoms with Gasteiger partial charge in [0.05, 0.1) is 16.3 Å². The van der Waals surface area contributed by atoms with Gasteiger partial charge in [-0.2, -0.15) is 0 Å². The van der Waals surface area contributed by atoms with E-state index in [1.807, 2.05) is 24.3 Å². The maximum absolute atomic E-state index is 11.8. The van der Waals surface area contributed by atoms with Crippen LogP contribution in [0.1, 0.15) is 10.4 Å². The number of thioether (sulfide) groups is 1. The Bertz CT molecular complexity index is 679. The Balaban J connectivity index is 1.92. The van der Waals surface area contributed by atoms with Gasteiger partial charge >= 0.3 is 5.97 Å². The molecule has 2 rings (SSSR count). The number of nitrogens with one attached hydrogen (secondary N) is 1. The number of hydrogen-bond donors (Lipinski definition) is 2. The molecule has 2 aromatic rings. The van der Waals surface area contributed by atoms with Gasteiger partial charge in [0, 0.05) is 15.5 Å². The molecule has 0 aliphatic heterocycles. The van der Waals surface area contributed by atoms with Crippen LogP contribution < -0.4 is 5.32 Å². The molecule has 0 aliphatic rings. The minimum Gasteiger partial charge on any atom is -0.478 e. The van der Waals surface area contributed by atoms with Gasteiger partial charge in [0.15, 0.2) is 0 Å². The summed E-state index contributed by atoms with van der Waals surface area (Å²) in [4.78, 5) is 26.7. The second-order valence-corrected chi connectivity index (χ2v) is 6.28. The molecule has 1 aromatic carbocycles. The molecule has 0 fully saturated rings. The summed E-state index contributed by atoms with van der Waals surface area (Å²) in [5.74, 6) is -1.01. The van der Waals surface area contributed by atoms with E-state index in [0.717, 1.165) is 9.26 Å². The highest BCUT2D eigenvalue weighted by molar-refractivity contribution is 14.1. The topological polar surface area (TPSA) is 79.3 Å². The molecular formula is C14H11IN2O3S. The van der Waals surface area contributed by atoms with E-state index in [1.165, 1.54) is 30.1 Å². The van der Waals surface area contributed by atoms with E-state index >= 15 is 0 Å². The number of rotatable bonds is 5. The van der Waals surface area contributed by atoms with Crippen LogP contribution in [0.4, 0.5) is 5.69 Å². The van der Waals surface area contributed by atoms with Crippen LogP contribution in [0.5, 0.6) is 0 Å². The summed E-state index contributed by atoms with van der Waals surface area (Å²) in [6.45, 7) is 0. The first kappa shape index (κ1) is 15.8.